The number of hydrogen-bond acceptors (Lipinski definition) is 6. The zero-order chi connectivity index (χ0) is 13.1. The van der Waals surface area contributed by atoms with Crippen molar-refractivity contribution in [3.05, 3.63) is 0 Å². The average molecular weight is 270 g/mol. The molecule has 1 aliphatic rings. The van der Waals surface area contributed by atoms with Crippen LogP contribution in [0.1, 0.15) is 6.42 Å². The summed E-state index contributed by atoms with van der Waals surface area (Å²) in [5, 5.41) is 14.3. The van der Waals surface area contributed by atoms with Gasteiger partial charge in [-0.05, 0) is 10.4 Å². The Labute approximate surface area is 108 Å². The number of aromatic nitrogens is 4. The Bertz CT molecular complexity index is 462. The second kappa shape index (κ2) is 5.34. The predicted molar refractivity (Wildman–Crippen MR) is 63.7 cm³/mol. The van der Waals surface area contributed by atoms with Crippen molar-refractivity contribution in [1.82, 2.24) is 30.4 Å². The zero-order valence-corrected chi connectivity index (χ0v) is 11.0. The highest BCUT2D eigenvalue weighted by Crippen LogP contribution is 2.13. The van der Waals surface area contributed by atoms with Crippen molar-refractivity contribution in [2.75, 3.05) is 19.3 Å². The highest BCUT2D eigenvalue weighted by atomic mass is 32.2. The summed E-state index contributed by atoms with van der Waals surface area (Å²) in [5.74, 6) is 0.185. The van der Waals surface area contributed by atoms with E-state index in [1.807, 2.05) is 0 Å². The van der Waals surface area contributed by atoms with Gasteiger partial charge in [0.1, 0.15) is 0 Å². The van der Waals surface area contributed by atoms with Crippen LogP contribution in [0.2, 0.25) is 0 Å². The molecule has 2 heterocycles. The maximum Gasteiger partial charge on any atom is 0.230 e. The van der Waals surface area contributed by atoms with Gasteiger partial charge < -0.3 is 10.2 Å². The van der Waals surface area contributed by atoms with Crippen LogP contribution < -0.4 is 5.32 Å². The lowest BCUT2D eigenvalue weighted by molar-refractivity contribution is -0.126. The molecule has 1 saturated heterocycles. The van der Waals surface area contributed by atoms with Crippen LogP contribution in [0.4, 0.5) is 0 Å². The first-order chi connectivity index (χ1) is 8.56. The number of amides is 2. The van der Waals surface area contributed by atoms with Gasteiger partial charge in [-0.25, -0.2) is 4.68 Å². The van der Waals surface area contributed by atoms with Gasteiger partial charge in [-0.3, -0.25) is 9.59 Å². The average Bonchev–Trinajstić information content (AvgIpc) is 2.84. The van der Waals surface area contributed by atoms with Crippen LogP contribution in [0, 0.1) is 0 Å². The Morgan fingerprint density at radius 1 is 1.56 bits per heavy atom. The third-order valence-electron chi connectivity index (χ3n) is 2.62. The lowest BCUT2D eigenvalue weighted by Crippen LogP contribution is -2.37. The number of tetrazole rings is 1. The van der Waals surface area contributed by atoms with Gasteiger partial charge in [0.05, 0.1) is 11.8 Å². The highest BCUT2D eigenvalue weighted by molar-refractivity contribution is 7.99. The van der Waals surface area contributed by atoms with Gasteiger partial charge in [0.15, 0.2) is 0 Å². The Morgan fingerprint density at radius 3 is 2.89 bits per heavy atom. The van der Waals surface area contributed by atoms with Crippen LogP contribution in [0.5, 0.6) is 0 Å². The molecule has 98 valence electrons. The number of nitrogens with zero attached hydrogens (tertiary/aromatic N) is 5. The largest absolute Gasteiger partial charge is 0.350 e. The maximum atomic E-state index is 11.7. The number of aryl methyl sites for hydroxylation is 1. The molecule has 9 heteroatoms. The van der Waals surface area contributed by atoms with E-state index in [1.54, 1.807) is 19.0 Å². The van der Waals surface area contributed by atoms with E-state index in [0.29, 0.717) is 18.1 Å². The minimum atomic E-state index is -0.115. The SMILES string of the molecule is CN1C[C@H](NC(=O)CSc2nnnn2C)CC1=O. The number of likely N-dealkylation sites (tertiary alicyclic amines) is 1. The lowest BCUT2D eigenvalue weighted by atomic mass is 10.2. The molecule has 1 fully saturated rings. The first-order valence-corrected chi connectivity index (χ1v) is 6.43. The fraction of sp³-hybridized carbons (Fsp3) is 0.667. The molecule has 0 bridgehead atoms. The first kappa shape index (κ1) is 12.8. The Balaban J connectivity index is 1.76. The van der Waals surface area contributed by atoms with Crippen LogP contribution >= 0.6 is 11.8 Å². The molecule has 0 saturated carbocycles. The summed E-state index contributed by atoms with van der Waals surface area (Å²) in [6.45, 7) is 0.570. The number of carbonyl (C=O) groups excluding carboxylic acids is 2. The summed E-state index contributed by atoms with van der Waals surface area (Å²) in [5.41, 5.74) is 0. The standard InChI is InChI=1S/C9H14N6O2S/c1-14-4-6(3-8(14)17)10-7(16)5-18-9-11-12-13-15(9)2/h6H,3-5H2,1-2H3,(H,10,16)/t6-/m1/s1. The van der Waals surface area contributed by atoms with Crippen molar-refractivity contribution < 1.29 is 9.59 Å². The van der Waals surface area contributed by atoms with Crippen LogP contribution in [0.3, 0.4) is 0 Å². The molecule has 0 spiro atoms. The highest BCUT2D eigenvalue weighted by Gasteiger charge is 2.27. The van der Waals surface area contributed by atoms with E-state index in [9.17, 15) is 9.59 Å². The number of hydrogen-bond donors (Lipinski definition) is 1. The molecule has 8 nitrogen and oxygen atoms in total. The molecule has 1 aliphatic heterocycles. The predicted octanol–water partition coefficient (Wildman–Crippen LogP) is -1.35. The van der Waals surface area contributed by atoms with Crippen molar-refractivity contribution in [1.29, 1.82) is 0 Å². The van der Waals surface area contributed by atoms with Gasteiger partial charge in [0, 0.05) is 27.1 Å². The summed E-state index contributed by atoms with van der Waals surface area (Å²) >= 11 is 1.26. The molecule has 2 rings (SSSR count). The summed E-state index contributed by atoms with van der Waals surface area (Å²) in [6, 6.07) is -0.0896. The monoisotopic (exact) mass is 270 g/mol. The van der Waals surface area contributed by atoms with Gasteiger partial charge in [-0.15, -0.1) is 5.10 Å². The van der Waals surface area contributed by atoms with Crippen molar-refractivity contribution in [2.24, 2.45) is 7.05 Å². The quantitative estimate of drug-likeness (QED) is 0.680. The molecular formula is C9H14N6O2S. The van der Waals surface area contributed by atoms with Crippen LogP contribution in [-0.4, -0.2) is 62.3 Å². The van der Waals surface area contributed by atoms with Crippen LogP contribution in [0.25, 0.3) is 0 Å². The smallest absolute Gasteiger partial charge is 0.230 e. The summed E-state index contributed by atoms with van der Waals surface area (Å²) < 4.78 is 1.50. The van der Waals surface area contributed by atoms with E-state index >= 15 is 0 Å². The summed E-state index contributed by atoms with van der Waals surface area (Å²) in [7, 11) is 3.44. The van der Waals surface area contributed by atoms with Crippen molar-refractivity contribution in [3.8, 4) is 0 Å². The van der Waals surface area contributed by atoms with Gasteiger partial charge in [-0.2, -0.15) is 0 Å². The van der Waals surface area contributed by atoms with Crippen LogP contribution in [-0.2, 0) is 16.6 Å². The number of thioether (sulfide) groups is 1. The Hall–Kier alpha value is -1.64. The molecule has 0 unspecified atom stereocenters. The molecule has 1 N–H and O–H groups in total. The second-order valence-corrected chi connectivity index (χ2v) is 5.06. The van der Waals surface area contributed by atoms with Gasteiger partial charge in [0.25, 0.3) is 0 Å². The van der Waals surface area contributed by atoms with Gasteiger partial charge >= 0.3 is 0 Å². The third-order valence-corrected chi connectivity index (χ3v) is 3.63. The second-order valence-electron chi connectivity index (χ2n) is 4.12. The molecule has 0 radical (unpaired) electrons. The van der Waals surface area contributed by atoms with Crippen LogP contribution in [0.15, 0.2) is 5.16 Å². The first-order valence-electron chi connectivity index (χ1n) is 5.44. The molecule has 1 aromatic heterocycles. The number of carbonyl (C=O) groups is 2. The molecule has 18 heavy (non-hydrogen) atoms. The molecule has 1 aromatic rings. The van der Waals surface area contributed by atoms with E-state index in [0.717, 1.165) is 0 Å². The molecule has 2 amide bonds. The minimum Gasteiger partial charge on any atom is -0.350 e. The van der Waals surface area contributed by atoms with Crippen molar-refractivity contribution in [3.63, 3.8) is 0 Å². The maximum absolute atomic E-state index is 11.7. The normalized spacial score (nSPS) is 19.3. The van der Waals surface area contributed by atoms with Crippen molar-refractivity contribution in [2.45, 2.75) is 17.6 Å². The van der Waals surface area contributed by atoms with Gasteiger partial charge in [-0.1, -0.05) is 11.8 Å². The fourth-order valence-electron chi connectivity index (χ4n) is 1.70. The summed E-state index contributed by atoms with van der Waals surface area (Å²) in [6.07, 6.45) is 0.373. The Kier molecular flexibility index (Phi) is 3.80. The fourth-order valence-corrected chi connectivity index (χ4v) is 2.36. The molecule has 0 aliphatic carbocycles. The van der Waals surface area contributed by atoms with E-state index in [1.165, 1.54) is 16.4 Å². The number of nitrogens with one attached hydrogen (secondary N) is 1. The third kappa shape index (κ3) is 2.97. The lowest BCUT2D eigenvalue weighted by Gasteiger charge is -2.11. The molecule has 1 atom stereocenters. The van der Waals surface area contributed by atoms with Gasteiger partial charge in [0.2, 0.25) is 17.0 Å². The Morgan fingerprint density at radius 2 is 2.33 bits per heavy atom. The minimum absolute atomic E-state index is 0.0606. The van der Waals surface area contributed by atoms with E-state index in [2.05, 4.69) is 20.8 Å². The zero-order valence-electron chi connectivity index (χ0n) is 10.2. The summed E-state index contributed by atoms with van der Waals surface area (Å²) in [4.78, 5) is 24.6. The van der Waals surface area contributed by atoms with E-state index in [-0.39, 0.29) is 23.6 Å². The topological polar surface area (TPSA) is 93.0 Å². The number of rotatable bonds is 4. The van der Waals surface area contributed by atoms with E-state index in [4.69, 9.17) is 0 Å². The molecular weight excluding hydrogens is 256 g/mol. The van der Waals surface area contributed by atoms with Crippen molar-refractivity contribution >= 4 is 23.6 Å². The number of likely N-dealkylation sites (N-methyl/N-ethyl adjacent to an activating group) is 1. The van der Waals surface area contributed by atoms with E-state index < -0.39 is 0 Å². The molecule has 0 aromatic carbocycles.